The van der Waals surface area contributed by atoms with Crippen molar-refractivity contribution in [2.75, 3.05) is 43.6 Å². The largest absolute Gasteiger partial charge is 0.484 e. The van der Waals surface area contributed by atoms with Crippen LogP contribution in [0.25, 0.3) is 0 Å². The van der Waals surface area contributed by atoms with Gasteiger partial charge in [0.15, 0.2) is 5.44 Å². The fourth-order valence-corrected chi connectivity index (χ4v) is 7.11. The third-order valence-electron chi connectivity index (χ3n) is 6.94. The average Bonchev–Trinajstić information content (AvgIpc) is 2.87. The molecule has 0 saturated carbocycles. The van der Waals surface area contributed by atoms with Crippen LogP contribution < -0.4 is 15.0 Å². The highest BCUT2D eigenvalue weighted by atomic mass is 79.9. The Morgan fingerprint density at radius 3 is 2.59 bits per heavy atom. The highest BCUT2D eigenvalue weighted by molar-refractivity contribution is 9.09. The maximum atomic E-state index is 14.0. The molecular weight excluding hydrogens is 556 g/mol. The van der Waals surface area contributed by atoms with Crippen molar-refractivity contribution in [2.24, 2.45) is 0 Å². The smallest absolute Gasteiger partial charge is 0.209 e. The second-order valence-electron chi connectivity index (χ2n) is 10.6. The summed E-state index contributed by atoms with van der Waals surface area (Å²) in [7, 11) is -2.11. The van der Waals surface area contributed by atoms with Crippen molar-refractivity contribution in [1.29, 1.82) is 0 Å². The van der Waals surface area contributed by atoms with Gasteiger partial charge in [-0.15, -0.1) is 0 Å². The maximum absolute atomic E-state index is 14.0. The number of methoxy groups -OCH3 is 1. The van der Waals surface area contributed by atoms with Crippen LogP contribution in [0.4, 0.5) is 5.69 Å². The number of benzene rings is 2. The molecule has 0 spiro atoms. The number of hydrogen-bond acceptors (Lipinski definition) is 7. The van der Waals surface area contributed by atoms with Gasteiger partial charge >= 0.3 is 0 Å². The Morgan fingerprint density at radius 1 is 1.19 bits per heavy atom. The highest BCUT2D eigenvalue weighted by Gasteiger charge is 2.37. The molecule has 37 heavy (non-hydrogen) atoms. The molecule has 2 aromatic carbocycles. The molecule has 0 aliphatic carbocycles. The van der Waals surface area contributed by atoms with Gasteiger partial charge in [0.1, 0.15) is 11.4 Å². The van der Waals surface area contributed by atoms with Crippen molar-refractivity contribution in [3.8, 4) is 5.75 Å². The van der Waals surface area contributed by atoms with E-state index in [1.807, 2.05) is 37.3 Å². The minimum absolute atomic E-state index is 0.204. The Kier molecular flexibility index (Phi) is 9.22. The van der Waals surface area contributed by atoms with E-state index < -0.39 is 15.3 Å². The SMILES string of the molecule is COCCCN1CC(C)(C)Oc2ccc(C(O[C@@H]3CC[C@@H](CBr)NC3)S(=O)(=O)c3ccc(C)cc3)cc21. The Labute approximate surface area is 229 Å². The van der Waals surface area contributed by atoms with Gasteiger partial charge < -0.3 is 24.4 Å². The van der Waals surface area contributed by atoms with E-state index in [4.69, 9.17) is 14.2 Å². The number of piperidine rings is 1. The lowest BCUT2D eigenvalue weighted by molar-refractivity contribution is 0.00983. The third-order valence-corrected chi connectivity index (χ3v) is 9.59. The summed E-state index contributed by atoms with van der Waals surface area (Å²) < 4.78 is 46.0. The number of aryl methyl sites for hydroxylation is 1. The third kappa shape index (κ3) is 6.87. The first kappa shape index (κ1) is 28.4. The van der Waals surface area contributed by atoms with E-state index in [2.05, 4.69) is 40.0 Å². The number of fused-ring (bicyclic) bond motifs is 1. The van der Waals surface area contributed by atoms with Crippen molar-refractivity contribution in [1.82, 2.24) is 5.32 Å². The molecule has 204 valence electrons. The summed E-state index contributed by atoms with van der Waals surface area (Å²) in [6.45, 7) is 8.83. The Balaban J connectivity index is 1.70. The molecule has 3 atom stereocenters. The van der Waals surface area contributed by atoms with E-state index >= 15 is 0 Å². The number of rotatable bonds is 10. The molecule has 9 heteroatoms. The van der Waals surface area contributed by atoms with Crippen LogP contribution in [0.5, 0.6) is 5.75 Å². The molecule has 2 heterocycles. The lowest BCUT2D eigenvalue weighted by atomic mass is 10.0. The average molecular weight is 596 g/mol. The molecule has 7 nitrogen and oxygen atoms in total. The van der Waals surface area contributed by atoms with Gasteiger partial charge in [0.2, 0.25) is 9.84 Å². The van der Waals surface area contributed by atoms with Gasteiger partial charge in [-0.25, -0.2) is 8.42 Å². The van der Waals surface area contributed by atoms with Crippen LogP contribution in [0.2, 0.25) is 0 Å². The standard InChI is InChI=1S/C28H39BrN2O5S/c1-20-6-11-24(12-7-20)37(32,33)27(35-23-10-9-22(17-29)30-18-23)21-8-13-26-25(16-21)31(14-5-15-34-4)19-28(2,3)36-26/h6-8,11-13,16,22-23,27,30H,5,9-10,14-15,17-19H2,1-4H3/t22-,23+,27?/m0/s1. The maximum Gasteiger partial charge on any atom is 0.209 e. The number of anilines is 1. The van der Waals surface area contributed by atoms with Crippen LogP contribution in [0.15, 0.2) is 47.4 Å². The summed E-state index contributed by atoms with van der Waals surface area (Å²) in [5.41, 5.74) is 1.03. The summed E-state index contributed by atoms with van der Waals surface area (Å²) in [5.74, 6) is 0.753. The van der Waals surface area contributed by atoms with E-state index in [9.17, 15) is 8.42 Å². The zero-order valence-electron chi connectivity index (χ0n) is 22.2. The first-order valence-electron chi connectivity index (χ1n) is 12.9. The molecule has 0 aromatic heterocycles. The van der Waals surface area contributed by atoms with E-state index in [-0.39, 0.29) is 16.6 Å². The molecule has 0 amide bonds. The van der Waals surface area contributed by atoms with Gasteiger partial charge in [-0.3, -0.25) is 0 Å². The van der Waals surface area contributed by atoms with Crippen LogP contribution >= 0.6 is 15.9 Å². The van der Waals surface area contributed by atoms with E-state index in [0.29, 0.717) is 31.3 Å². The number of nitrogens with zero attached hydrogens (tertiary/aromatic N) is 1. The molecule has 2 aromatic rings. The Morgan fingerprint density at radius 2 is 1.95 bits per heavy atom. The Hall–Kier alpha value is -1.65. The second-order valence-corrected chi connectivity index (χ2v) is 13.3. The van der Waals surface area contributed by atoms with Gasteiger partial charge in [-0.05, 0) is 69.9 Å². The van der Waals surface area contributed by atoms with Gasteiger partial charge in [0, 0.05) is 38.2 Å². The predicted octanol–water partition coefficient (Wildman–Crippen LogP) is 5.01. The van der Waals surface area contributed by atoms with Crippen molar-refractivity contribution >= 4 is 31.5 Å². The molecular formula is C28H39BrN2O5S. The zero-order chi connectivity index (χ0) is 26.6. The lowest BCUT2D eigenvalue weighted by Crippen LogP contribution is -2.47. The number of nitrogens with one attached hydrogen (secondary N) is 1. The van der Waals surface area contributed by atoms with Crippen LogP contribution in [0.3, 0.4) is 0 Å². The minimum atomic E-state index is -3.82. The fraction of sp³-hybridized carbons (Fsp3) is 0.571. The number of alkyl halides is 1. The van der Waals surface area contributed by atoms with Crippen molar-refractivity contribution < 1.29 is 22.6 Å². The summed E-state index contributed by atoms with van der Waals surface area (Å²) in [6.07, 6.45) is 2.38. The topological polar surface area (TPSA) is 77.1 Å². The van der Waals surface area contributed by atoms with Crippen LogP contribution in [-0.2, 0) is 19.3 Å². The summed E-state index contributed by atoms with van der Waals surface area (Å²) >= 11 is 3.53. The highest BCUT2D eigenvalue weighted by Crippen LogP contribution is 2.41. The monoisotopic (exact) mass is 594 g/mol. The molecule has 1 N–H and O–H groups in total. The zero-order valence-corrected chi connectivity index (χ0v) is 24.6. The molecule has 2 aliphatic heterocycles. The van der Waals surface area contributed by atoms with Gasteiger partial charge in [-0.1, -0.05) is 39.7 Å². The summed E-state index contributed by atoms with van der Waals surface area (Å²) in [5, 5.41) is 4.33. The normalized spacial score (nSPS) is 22.2. The molecule has 1 unspecified atom stereocenters. The minimum Gasteiger partial charge on any atom is -0.484 e. The van der Waals surface area contributed by atoms with E-state index in [0.717, 1.165) is 48.1 Å². The number of ether oxygens (including phenoxy) is 3. The van der Waals surface area contributed by atoms with E-state index in [1.54, 1.807) is 19.2 Å². The van der Waals surface area contributed by atoms with Gasteiger partial charge in [-0.2, -0.15) is 0 Å². The van der Waals surface area contributed by atoms with E-state index in [1.165, 1.54) is 0 Å². The molecule has 2 aliphatic rings. The van der Waals surface area contributed by atoms with Gasteiger partial charge in [0.05, 0.1) is 23.2 Å². The first-order chi connectivity index (χ1) is 17.6. The lowest BCUT2D eigenvalue weighted by Gasteiger charge is -2.41. The molecule has 1 saturated heterocycles. The van der Waals surface area contributed by atoms with Crippen LogP contribution in [0.1, 0.15) is 49.7 Å². The summed E-state index contributed by atoms with van der Waals surface area (Å²) in [6, 6.07) is 13.0. The Bertz CT molecular complexity index is 1150. The number of halogens is 1. The van der Waals surface area contributed by atoms with Crippen LogP contribution in [0, 0.1) is 6.92 Å². The van der Waals surface area contributed by atoms with Crippen LogP contribution in [-0.4, -0.2) is 64.8 Å². The van der Waals surface area contributed by atoms with Crippen molar-refractivity contribution in [3.63, 3.8) is 0 Å². The number of hydrogen-bond donors (Lipinski definition) is 1. The fourth-order valence-electron chi connectivity index (χ4n) is 4.98. The van der Waals surface area contributed by atoms with Gasteiger partial charge in [0.25, 0.3) is 0 Å². The molecule has 0 radical (unpaired) electrons. The summed E-state index contributed by atoms with van der Waals surface area (Å²) in [4.78, 5) is 2.52. The first-order valence-corrected chi connectivity index (χ1v) is 15.6. The molecule has 1 fully saturated rings. The molecule has 0 bridgehead atoms. The predicted molar refractivity (Wildman–Crippen MR) is 151 cm³/mol. The number of sulfone groups is 1. The molecule has 4 rings (SSSR count). The van der Waals surface area contributed by atoms with Crippen molar-refractivity contribution in [2.45, 2.75) is 68.1 Å². The van der Waals surface area contributed by atoms with Crippen molar-refractivity contribution in [3.05, 3.63) is 53.6 Å². The quantitative estimate of drug-likeness (QED) is 0.306. The second kappa shape index (κ2) is 12.0.